The van der Waals surface area contributed by atoms with Crippen molar-refractivity contribution in [2.75, 3.05) is 13.6 Å². The summed E-state index contributed by atoms with van der Waals surface area (Å²) in [7, 11) is -4.68. The van der Waals surface area contributed by atoms with Crippen LogP contribution in [0.5, 0.6) is 0 Å². The molecule has 0 aliphatic carbocycles. The Morgan fingerprint density at radius 2 is 1.79 bits per heavy atom. The van der Waals surface area contributed by atoms with Gasteiger partial charge in [-0.1, -0.05) is 0 Å². The summed E-state index contributed by atoms with van der Waals surface area (Å²) in [5, 5.41) is 10.7. The Balaban J connectivity index is 0. The zero-order valence-electron chi connectivity index (χ0n) is 7.39. The molecule has 0 fully saturated rings. The van der Waals surface area contributed by atoms with Gasteiger partial charge in [-0.05, 0) is 7.05 Å². The monoisotopic (exact) mass is 249 g/mol. The lowest BCUT2D eigenvalue weighted by atomic mass is 10.4. The van der Waals surface area contributed by atoms with E-state index in [0.29, 0.717) is 6.54 Å². The van der Waals surface area contributed by atoms with Gasteiger partial charge in [-0.3, -0.25) is 13.9 Å². The number of aliphatic carboxylic acids is 1. The number of hydrogen-bond acceptors (Lipinski definition) is 5. The fourth-order valence-electron chi connectivity index (χ4n) is 0.307. The molecule has 0 radical (unpaired) electrons. The van der Waals surface area contributed by atoms with E-state index in [1.54, 1.807) is 7.05 Å². The number of carbonyl (C=O) groups is 1. The van der Waals surface area contributed by atoms with Gasteiger partial charge >= 0.3 is 22.5 Å². The van der Waals surface area contributed by atoms with E-state index in [2.05, 4.69) is 9.63 Å². The van der Waals surface area contributed by atoms with Crippen LogP contribution in [0.1, 0.15) is 6.42 Å². The third-order valence-electron chi connectivity index (χ3n) is 0.763. The summed E-state index contributed by atoms with van der Waals surface area (Å²) >= 11 is 0. The van der Waals surface area contributed by atoms with Gasteiger partial charge in [0.25, 0.3) is 0 Å². The Hall–Kier alpha value is -0.230. The van der Waals surface area contributed by atoms with Crippen molar-refractivity contribution in [1.82, 2.24) is 5.32 Å². The van der Waals surface area contributed by atoms with E-state index < -0.39 is 22.5 Å². The minimum Gasteiger partial charge on any atom is -0.481 e. The zero-order chi connectivity index (χ0) is 11.6. The summed E-state index contributed by atoms with van der Waals surface area (Å²) in [6, 6.07) is 0. The molecule has 0 saturated carbocycles. The molecule has 0 aliphatic heterocycles. The van der Waals surface area contributed by atoms with Crippen molar-refractivity contribution in [2.24, 2.45) is 0 Å². The molecule has 86 valence electrons. The van der Waals surface area contributed by atoms with E-state index in [0.717, 1.165) is 0 Å². The Morgan fingerprint density at radius 1 is 1.36 bits per heavy atom. The molecule has 0 aliphatic rings. The van der Waals surface area contributed by atoms with Gasteiger partial charge in [-0.15, -0.1) is 0 Å². The van der Waals surface area contributed by atoms with Crippen molar-refractivity contribution in [3.63, 3.8) is 0 Å². The molecule has 0 rings (SSSR count). The van der Waals surface area contributed by atoms with Gasteiger partial charge in [0.15, 0.2) is 0 Å². The molecule has 14 heavy (non-hydrogen) atoms. The largest absolute Gasteiger partial charge is 0.481 e. The first kappa shape index (κ1) is 16.2. The smallest absolute Gasteiger partial charge is 0.323 e. The molecular weight excluding hydrogens is 236 g/mol. The highest BCUT2D eigenvalue weighted by Gasteiger charge is 1.93. The van der Waals surface area contributed by atoms with Crippen molar-refractivity contribution in [1.29, 1.82) is 0 Å². The van der Waals surface area contributed by atoms with Crippen LogP contribution < -0.4 is 5.32 Å². The van der Waals surface area contributed by atoms with Crippen LogP contribution >= 0.6 is 16.5 Å². The van der Waals surface area contributed by atoms with E-state index in [-0.39, 0.29) is 6.42 Å². The van der Waals surface area contributed by atoms with Crippen LogP contribution in [0.25, 0.3) is 0 Å². The van der Waals surface area contributed by atoms with Gasteiger partial charge < -0.3 is 20.2 Å². The molecule has 0 amide bonds. The number of carboxylic acids is 1. The molecule has 2 atom stereocenters. The topological polar surface area (TPSA) is 133 Å². The molecule has 10 heteroatoms. The molecule has 4 N–H and O–H groups in total. The van der Waals surface area contributed by atoms with Crippen LogP contribution in [-0.4, -0.2) is 34.5 Å². The van der Waals surface area contributed by atoms with E-state index >= 15 is 0 Å². The Kier molecular flexibility index (Phi) is 12.6. The lowest BCUT2D eigenvalue weighted by Crippen LogP contribution is -2.11. The minimum atomic E-state index is -3.20. The summed E-state index contributed by atoms with van der Waals surface area (Å²) in [4.78, 5) is 25.1. The van der Waals surface area contributed by atoms with Crippen molar-refractivity contribution in [2.45, 2.75) is 6.42 Å². The average Bonchev–Trinajstić information content (AvgIpc) is 1.99. The second kappa shape index (κ2) is 10.8. The quantitative estimate of drug-likeness (QED) is 0.477. The lowest BCUT2D eigenvalue weighted by Gasteiger charge is -1.88. The number of rotatable bonds is 5. The third kappa shape index (κ3) is 22.6. The van der Waals surface area contributed by atoms with Crippen molar-refractivity contribution >= 4 is 22.5 Å². The maximum absolute atomic E-state index is 9.72. The van der Waals surface area contributed by atoms with Crippen LogP contribution in [0.15, 0.2) is 0 Å². The summed E-state index contributed by atoms with van der Waals surface area (Å²) in [6.45, 7) is 0.551. The zero-order valence-corrected chi connectivity index (χ0v) is 9.39. The maximum atomic E-state index is 9.72. The highest BCUT2D eigenvalue weighted by molar-refractivity contribution is 7.46. The lowest BCUT2D eigenvalue weighted by molar-refractivity contribution is -0.136. The molecule has 0 aromatic carbocycles. The highest BCUT2D eigenvalue weighted by atomic mass is 31.2. The predicted molar refractivity (Wildman–Crippen MR) is 49.7 cm³/mol. The fraction of sp³-hybridized carbons (Fsp3) is 0.750. The normalized spacial score (nSPS) is 13.6. The van der Waals surface area contributed by atoms with Gasteiger partial charge in [0.2, 0.25) is 0 Å². The number of nitrogens with one attached hydrogen (secondary N) is 1. The van der Waals surface area contributed by atoms with Crippen molar-refractivity contribution < 1.29 is 33.1 Å². The van der Waals surface area contributed by atoms with Gasteiger partial charge in [0.05, 0.1) is 6.42 Å². The fourth-order valence-corrected chi connectivity index (χ4v) is 0.904. The first-order valence-corrected chi connectivity index (χ1v) is 5.93. The van der Waals surface area contributed by atoms with Crippen molar-refractivity contribution in [3.05, 3.63) is 0 Å². The Labute approximate surface area is 81.8 Å². The molecule has 0 saturated heterocycles. The molecule has 8 nitrogen and oxygen atoms in total. The van der Waals surface area contributed by atoms with Crippen LogP contribution in [0.3, 0.4) is 0 Å². The summed E-state index contributed by atoms with van der Waals surface area (Å²) in [5.41, 5.74) is 0. The van der Waals surface area contributed by atoms with Crippen LogP contribution in [0.2, 0.25) is 0 Å². The third-order valence-corrected chi connectivity index (χ3v) is 2.16. The first-order chi connectivity index (χ1) is 6.40. The minimum absolute atomic E-state index is 0.205. The molecule has 0 aromatic heterocycles. The van der Waals surface area contributed by atoms with Crippen LogP contribution in [0, 0.1) is 0 Å². The number of carboxylic acid groups (broad SMARTS) is 1. The van der Waals surface area contributed by atoms with Gasteiger partial charge in [-0.25, -0.2) is 4.31 Å². The van der Waals surface area contributed by atoms with E-state index in [1.807, 2.05) is 0 Å². The van der Waals surface area contributed by atoms with Gasteiger partial charge in [0.1, 0.15) is 0 Å². The first-order valence-electron chi connectivity index (χ1n) is 3.40. The molecule has 2 unspecified atom stereocenters. The Bertz CT molecular complexity index is 196. The Morgan fingerprint density at radius 3 is 1.86 bits per heavy atom. The second-order valence-corrected chi connectivity index (χ2v) is 3.76. The predicted octanol–water partition coefficient (Wildman–Crippen LogP) is -0.552. The highest BCUT2D eigenvalue weighted by Crippen LogP contribution is 2.30. The maximum Gasteiger partial charge on any atom is 0.323 e. The molecule has 0 heterocycles. The SMILES string of the molecule is CNCCC(=O)O.O=[PH](O)O[PH](=O)O. The standard InChI is InChI=1S/C4H9NO2.H4O5P2/c1-5-3-2-4(6)7;1-6(2)5-7(3)4/h5H,2-3H2,1H3,(H,6,7);6-7H,(H,1,2)(H,3,4). The van der Waals surface area contributed by atoms with Crippen LogP contribution in [-0.2, 0) is 18.2 Å². The molecule has 0 aromatic rings. The van der Waals surface area contributed by atoms with Crippen LogP contribution in [0.4, 0.5) is 0 Å². The van der Waals surface area contributed by atoms with Gasteiger partial charge in [-0.2, -0.15) is 0 Å². The summed E-state index contributed by atoms with van der Waals surface area (Å²) in [6.07, 6.45) is 0.205. The molecule has 0 bridgehead atoms. The second-order valence-electron chi connectivity index (χ2n) is 1.88. The number of hydrogen-bond donors (Lipinski definition) is 4. The average molecular weight is 249 g/mol. The van der Waals surface area contributed by atoms with E-state index in [9.17, 15) is 13.9 Å². The van der Waals surface area contributed by atoms with E-state index in [4.69, 9.17) is 14.9 Å². The van der Waals surface area contributed by atoms with Gasteiger partial charge in [0, 0.05) is 6.54 Å². The summed E-state index contributed by atoms with van der Waals surface area (Å²) in [5.74, 6) is -0.755. The molecule has 0 spiro atoms. The molecular formula is C4H13NO7P2. The summed E-state index contributed by atoms with van der Waals surface area (Å²) < 4.78 is 22.3. The van der Waals surface area contributed by atoms with E-state index in [1.165, 1.54) is 0 Å². The van der Waals surface area contributed by atoms with Crippen molar-refractivity contribution in [3.8, 4) is 0 Å².